The summed E-state index contributed by atoms with van der Waals surface area (Å²) in [5, 5.41) is 17.8. The Kier molecular flexibility index (Phi) is 6.55. The molecule has 0 saturated carbocycles. The molecular formula is C22H26N4O2. The molecule has 3 aromatic rings. The molecule has 0 aliphatic carbocycles. The highest BCUT2D eigenvalue weighted by molar-refractivity contribution is 5.93. The fourth-order valence-electron chi connectivity index (χ4n) is 3.07. The molecule has 6 heteroatoms. The van der Waals surface area contributed by atoms with Gasteiger partial charge in [0, 0.05) is 19.7 Å². The standard InChI is InChI=1S/C22H26N4O2/c1-17(16-27)13-25(14-19-9-5-3-6-10-19)22(28)21-18(2)26(24-23-21)15-20-11-7-4-8-12-20/h3-12,17,27H,13-16H2,1-2H3/t17-/m1/s1. The quantitative estimate of drug-likeness (QED) is 0.654. The monoisotopic (exact) mass is 378 g/mol. The third kappa shape index (κ3) is 4.84. The average molecular weight is 378 g/mol. The minimum Gasteiger partial charge on any atom is -0.396 e. The number of aliphatic hydroxyl groups is 1. The van der Waals surface area contributed by atoms with Crippen molar-refractivity contribution in [3.8, 4) is 0 Å². The van der Waals surface area contributed by atoms with Crippen LogP contribution in [0, 0.1) is 12.8 Å². The molecule has 0 unspecified atom stereocenters. The van der Waals surface area contributed by atoms with Gasteiger partial charge in [0.05, 0.1) is 12.2 Å². The van der Waals surface area contributed by atoms with Crippen LogP contribution in [0.25, 0.3) is 0 Å². The number of hydrogen-bond donors (Lipinski definition) is 1. The Bertz CT molecular complexity index is 893. The van der Waals surface area contributed by atoms with Crippen molar-refractivity contribution in [1.82, 2.24) is 19.9 Å². The summed E-state index contributed by atoms with van der Waals surface area (Å²) in [6, 6.07) is 19.8. The first kappa shape index (κ1) is 19.8. The number of aliphatic hydroxyl groups excluding tert-OH is 1. The van der Waals surface area contributed by atoms with Gasteiger partial charge in [-0.15, -0.1) is 5.10 Å². The number of nitrogens with zero attached hydrogens (tertiary/aromatic N) is 4. The molecule has 1 amide bonds. The van der Waals surface area contributed by atoms with E-state index in [-0.39, 0.29) is 18.4 Å². The second kappa shape index (κ2) is 9.28. The molecule has 1 aromatic heterocycles. The van der Waals surface area contributed by atoms with E-state index in [0.29, 0.717) is 25.3 Å². The fraction of sp³-hybridized carbons (Fsp3) is 0.318. The highest BCUT2D eigenvalue weighted by Gasteiger charge is 2.24. The van der Waals surface area contributed by atoms with E-state index in [1.165, 1.54) is 0 Å². The van der Waals surface area contributed by atoms with Crippen LogP contribution in [0.5, 0.6) is 0 Å². The first-order valence-electron chi connectivity index (χ1n) is 9.46. The van der Waals surface area contributed by atoms with Crippen molar-refractivity contribution in [1.29, 1.82) is 0 Å². The minimum absolute atomic E-state index is 0.0210. The maximum atomic E-state index is 13.2. The van der Waals surface area contributed by atoms with E-state index < -0.39 is 0 Å². The highest BCUT2D eigenvalue weighted by Crippen LogP contribution is 2.15. The number of aromatic nitrogens is 3. The van der Waals surface area contributed by atoms with Gasteiger partial charge in [0.25, 0.3) is 5.91 Å². The van der Waals surface area contributed by atoms with E-state index in [1.807, 2.05) is 74.5 Å². The van der Waals surface area contributed by atoms with Crippen molar-refractivity contribution < 1.29 is 9.90 Å². The molecule has 0 saturated heterocycles. The van der Waals surface area contributed by atoms with Gasteiger partial charge in [0.2, 0.25) is 0 Å². The average Bonchev–Trinajstić information content (AvgIpc) is 3.08. The summed E-state index contributed by atoms with van der Waals surface area (Å²) in [4.78, 5) is 15.0. The molecule has 1 heterocycles. The van der Waals surface area contributed by atoms with Crippen molar-refractivity contribution in [2.24, 2.45) is 5.92 Å². The summed E-state index contributed by atoms with van der Waals surface area (Å²) in [5.74, 6) is -0.187. The van der Waals surface area contributed by atoms with Crippen molar-refractivity contribution in [2.45, 2.75) is 26.9 Å². The number of hydrogen-bond acceptors (Lipinski definition) is 4. The normalized spacial score (nSPS) is 12.0. The van der Waals surface area contributed by atoms with E-state index in [2.05, 4.69) is 10.3 Å². The van der Waals surface area contributed by atoms with Crippen LogP contribution in [-0.4, -0.2) is 44.1 Å². The zero-order valence-corrected chi connectivity index (χ0v) is 16.3. The molecule has 28 heavy (non-hydrogen) atoms. The second-order valence-corrected chi connectivity index (χ2v) is 7.13. The van der Waals surface area contributed by atoms with Crippen LogP contribution < -0.4 is 0 Å². The number of rotatable bonds is 8. The molecule has 146 valence electrons. The van der Waals surface area contributed by atoms with Gasteiger partial charge in [0.15, 0.2) is 5.69 Å². The van der Waals surface area contributed by atoms with Gasteiger partial charge < -0.3 is 10.0 Å². The Labute approximate surface area is 165 Å². The first-order chi connectivity index (χ1) is 13.6. The number of carbonyl (C=O) groups excluding carboxylic acids is 1. The highest BCUT2D eigenvalue weighted by atomic mass is 16.3. The Hall–Kier alpha value is -2.99. The molecule has 2 aromatic carbocycles. The molecule has 0 aliphatic rings. The smallest absolute Gasteiger partial charge is 0.276 e. The Balaban J connectivity index is 1.81. The second-order valence-electron chi connectivity index (χ2n) is 7.13. The summed E-state index contributed by atoms with van der Waals surface area (Å²) in [5.41, 5.74) is 3.24. The molecule has 1 N–H and O–H groups in total. The summed E-state index contributed by atoms with van der Waals surface area (Å²) in [6.07, 6.45) is 0. The van der Waals surface area contributed by atoms with Crippen molar-refractivity contribution >= 4 is 5.91 Å². The Morgan fingerprint density at radius 1 is 1.07 bits per heavy atom. The lowest BCUT2D eigenvalue weighted by Gasteiger charge is -2.25. The zero-order chi connectivity index (χ0) is 19.9. The Morgan fingerprint density at radius 2 is 1.68 bits per heavy atom. The lowest BCUT2D eigenvalue weighted by molar-refractivity contribution is 0.0687. The van der Waals surface area contributed by atoms with Crippen LogP contribution in [0.2, 0.25) is 0 Å². The lowest BCUT2D eigenvalue weighted by Crippen LogP contribution is -2.36. The third-order valence-electron chi connectivity index (χ3n) is 4.71. The summed E-state index contributed by atoms with van der Waals surface area (Å²) < 4.78 is 1.75. The van der Waals surface area contributed by atoms with Crippen LogP contribution >= 0.6 is 0 Å². The zero-order valence-electron chi connectivity index (χ0n) is 16.3. The fourth-order valence-corrected chi connectivity index (χ4v) is 3.07. The molecule has 0 fully saturated rings. The van der Waals surface area contributed by atoms with Gasteiger partial charge in [-0.3, -0.25) is 4.79 Å². The van der Waals surface area contributed by atoms with Gasteiger partial charge >= 0.3 is 0 Å². The summed E-state index contributed by atoms with van der Waals surface area (Å²) >= 11 is 0. The van der Waals surface area contributed by atoms with E-state index in [1.54, 1.807) is 9.58 Å². The molecule has 0 spiro atoms. The molecule has 3 rings (SSSR count). The maximum absolute atomic E-state index is 13.2. The number of benzene rings is 2. The largest absolute Gasteiger partial charge is 0.396 e. The Morgan fingerprint density at radius 3 is 2.29 bits per heavy atom. The molecule has 0 bridgehead atoms. The maximum Gasteiger partial charge on any atom is 0.276 e. The summed E-state index contributed by atoms with van der Waals surface area (Å²) in [7, 11) is 0. The predicted octanol–water partition coefficient (Wildman–Crippen LogP) is 2.91. The van der Waals surface area contributed by atoms with Gasteiger partial charge in [-0.1, -0.05) is 72.8 Å². The van der Waals surface area contributed by atoms with Gasteiger partial charge in [-0.2, -0.15) is 0 Å². The molecule has 1 atom stereocenters. The predicted molar refractivity (Wildman–Crippen MR) is 108 cm³/mol. The number of carbonyl (C=O) groups is 1. The number of amides is 1. The van der Waals surface area contributed by atoms with Crippen molar-refractivity contribution in [3.05, 3.63) is 83.2 Å². The van der Waals surface area contributed by atoms with Crippen LogP contribution in [-0.2, 0) is 13.1 Å². The lowest BCUT2D eigenvalue weighted by atomic mass is 10.1. The van der Waals surface area contributed by atoms with Gasteiger partial charge in [0.1, 0.15) is 0 Å². The van der Waals surface area contributed by atoms with E-state index in [4.69, 9.17) is 0 Å². The van der Waals surface area contributed by atoms with Crippen molar-refractivity contribution in [2.75, 3.05) is 13.2 Å². The third-order valence-corrected chi connectivity index (χ3v) is 4.71. The minimum atomic E-state index is -0.166. The molecule has 6 nitrogen and oxygen atoms in total. The van der Waals surface area contributed by atoms with Gasteiger partial charge in [-0.25, -0.2) is 4.68 Å². The van der Waals surface area contributed by atoms with E-state index in [9.17, 15) is 9.90 Å². The van der Waals surface area contributed by atoms with E-state index in [0.717, 1.165) is 16.8 Å². The summed E-state index contributed by atoms with van der Waals surface area (Å²) in [6.45, 7) is 5.30. The van der Waals surface area contributed by atoms with Crippen LogP contribution in [0.3, 0.4) is 0 Å². The van der Waals surface area contributed by atoms with Gasteiger partial charge in [-0.05, 0) is 24.0 Å². The van der Waals surface area contributed by atoms with Crippen LogP contribution in [0.1, 0.15) is 34.2 Å². The van der Waals surface area contributed by atoms with Crippen LogP contribution in [0.4, 0.5) is 0 Å². The topological polar surface area (TPSA) is 71.2 Å². The molecule has 0 radical (unpaired) electrons. The molecular weight excluding hydrogens is 352 g/mol. The van der Waals surface area contributed by atoms with Crippen LogP contribution in [0.15, 0.2) is 60.7 Å². The van der Waals surface area contributed by atoms with E-state index >= 15 is 0 Å². The SMILES string of the molecule is Cc1c(C(=O)N(Cc2ccccc2)C[C@@H](C)CO)nnn1Cc1ccccc1. The first-order valence-corrected chi connectivity index (χ1v) is 9.46. The molecule has 0 aliphatic heterocycles. The van der Waals surface area contributed by atoms with Crippen molar-refractivity contribution in [3.63, 3.8) is 0 Å².